The number of aromatic carboxylic acids is 1. The fraction of sp³-hybridized carbons (Fsp3) is 0.231. The SMILES string of the molecule is Cc1nc(C(=O)N(C)Cc2ccc(C(=O)O)cc2)n[nH]1. The Labute approximate surface area is 115 Å². The molecule has 0 saturated heterocycles. The van der Waals surface area contributed by atoms with Crippen LogP contribution < -0.4 is 0 Å². The summed E-state index contributed by atoms with van der Waals surface area (Å²) in [5.41, 5.74) is 1.05. The molecule has 0 spiro atoms. The average Bonchev–Trinajstić information content (AvgIpc) is 2.85. The maximum Gasteiger partial charge on any atom is 0.335 e. The third kappa shape index (κ3) is 3.00. The van der Waals surface area contributed by atoms with Crippen molar-refractivity contribution in [3.05, 3.63) is 47.0 Å². The number of nitrogens with zero attached hydrogens (tertiary/aromatic N) is 3. The standard InChI is InChI=1S/C13H14N4O3/c1-8-14-11(16-15-8)12(18)17(2)7-9-3-5-10(6-4-9)13(19)20/h3-6H,7H2,1-2H3,(H,19,20)(H,14,15,16). The van der Waals surface area contributed by atoms with E-state index in [-0.39, 0.29) is 17.3 Å². The van der Waals surface area contributed by atoms with Gasteiger partial charge in [-0.05, 0) is 24.6 Å². The molecule has 0 saturated carbocycles. The van der Waals surface area contributed by atoms with Crippen LogP contribution >= 0.6 is 0 Å². The third-order valence-electron chi connectivity index (χ3n) is 2.76. The van der Waals surface area contributed by atoms with Crippen LogP contribution in [-0.2, 0) is 6.54 Å². The maximum absolute atomic E-state index is 12.0. The topological polar surface area (TPSA) is 99.2 Å². The zero-order chi connectivity index (χ0) is 14.7. The predicted octanol–water partition coefficient (Wildman–Crippen LogP) is 1.08. The van der Waals surface area contributed by atoms with E-state index in [1.165, 1.54) is 17.0 Å². The molecular formula is C13H14N4O3. The highest BCUT2D eigenvalue weighted by atomic mass is 16.4. The molecule has 1 heterocycles. The number of aromatic nitrogens is 3. The minimum atomic E-state index is -0.975. The largest absolute Gasteiger partial charge is 0.478 e. The van der Waals surface area contributed by atoms with Gasteiger partial charge in [-0.15, -0.1) is 5.10 Å². The number of carboxylic acids is 1. The minimum Gasteiger partial charge on any atom is -0.478 e. The van der Waals surface area contributed by atoms with Gasteiger partial charge in [0.05, 0.1) is 5.56 Å². The van der Waals surface area contributed by atoms with Gasteiger partial charge in [0.15, 0.2) is 0 Å². The van der Waals surface area contributed by atoms with Crippen molar-refractivity contribution < 1.29 is 14.7 Å². The number of carbonyl (C=O) groups excluding carboxylic acids is 1. The molecule has 0 bridgehead atoms. The monoisotopic (exact) mass is 274 g/mol. The Balaban J connectivity index is 2.05. The Morgan fingerprint density at radius 3 is 2.45 bits per heavy atom. The summed E-state index contributed by atoms with van der Waals surface area (Å²) in [6.45, 7) is 2.07. The first-order valence-electron chi connectivity index (χ1n) is 5.94. The second kappa shape index (κ2) is 5.52. The van der Waals surface area contributed by atoms with Crippen molar-refractivity contribution in [3.63, 3.8) is 0 Å². The number of carboxylic acid groups (broad SMARTS) is 1. The molecule has 2 aromatic rings. The molecule has 0 atom stereocenters. The number of hydrogen-bond acceptors (Lipinski definition) is 4. The highest BCUT2D eigenvalue weighted by Crippen LogP contribution is 2.08. The first-order valence-corrected chi connectivity index (χ1v) is 5.94. The maximum atomic E-state index is 12.0. The third-order valence-corrected chi connectivity index (χ3v) is 2.76. The van der Waals surface area contributed by atoms with Gasteiger partial charge in [-0.2, -0.15) is 0 Å². The van der Waals surface area contributed by atoms with Crippen molar-refractivity contribution in [2.24, 2.45) is 0 Å². The molecule has 7 nitrogen and oxygen atoms in total. The van der Waals surface area contributed by atoms with E-state index in [1.807, 2.05) is 0 Å². The lowest BCUT2D eigenvalue weighted by atomic mass is 10.1. The van der Waals surface area contributed by atoms with Crippen molar-refractivity contribution >= 4 is 11.9 Å². The summed E-state index contributed by atoms with van der Waals surface area (Å²) in [5.74, 6) is -0.575. The average molecular weight is 274 g/mol. The Morgan fingerprint density at radius 1 is 1.30 bits per heavy atom. The highest BCUT2D eigenvalue weighted by molar-refractivity contribution is 5.90. The lowest BCUT2D eigenvalue weighted by Crippen LogP contribution is -2.27. The van der Waals surface area contributed by atoms with Crippen molar-refractivity contribution in [1.82, 2.24) is 20.1 Å². The predicted molar refractivity (Wildman–Crippen MR) is 70.3 cm³/mol. The first-order chi connectivity index (χ1) is 9.47. The number of carbonyl (C=O) groups is 2. The van der Waals surface area contributed by atoms with Crippen LogP contribution in [0.4, 0.5) is 0 Å². The summed E-state index contributed by atoms with van der Waals surface area (Å²) in [5, 5.41) is 15.2. The Kier molecular flexibility index (Phi) is 3.79. The molecule has 0 aliphatic carbocycles. The summed E-state index contributed by atoms with van der Waals surface area (Å²) >= 11 is 0. The van der Waals surface area contributed by atoms with Crippen molar-refractivity contribution in [2.75, 3.05) is 7.05 Å². The van der Waals surface area contributed by atoms with E-state index in [2.05, 4.69) is 15.2 Å². The van der Waals surface area contributed by atoms with Gasteiger partial charge in [-0.3, -0.25) is 9.89 Å². The second-order valence-electron chi connectivity index (χ2n) is 4.41. The van der Waals surface area contributed by atoms with Crippen LogP contribution in [0.25, 0.3) is 0 Å². The Morgan fingerprint density at radius 2 is 1.95 bits per heavy atom. The van der Waals surface area contributed by atoms with Gasteiger partial charge in [-0.1, -0.05) is 12.1 Å². The molecule has 7 heteroatoms. The number of rotatable bonds is 4. The van der Waals surface area contributed by atoms with Gasteiger partial charge >= 0.3 is 5.97 Å². The van der Waals surface area contributed by atoms with E-state index < -0.39 is 5.97 Å². The number of hydrogen-bond donors (Lipinski definition) is 2. The van der Waals surface area contributed by atoms with E-state index in [9.17, 15) is 9.59 Å². The molecule has 2 rings (SSSR count). The van der Waals surface area contributed by atoms with E-state index in [1.54, 1.807) is 26.1 Å². The minimum absolute atomic E-state index is 0.118. The van der Waals surface area contributed by atoms with Crippen LogP contribution in [0.15, 0.2) is 24.3 Å². The molecule has 0 fully saturated rings. The first kappa shape index (κ1) is 13.7. The molecule has 1 aromatic heterocycles. The quantitative estimate of drug-likeness (QED) is 0.869. The molecule has 20 heavy (non-hydrogen) atoms. The van der Waals surface area contributed by atoms with Crippen LogP contribution in [0.1, 0.15) is 32.4 Å². The fourth-order valence-corrected chi connectivity index (χ4v) is 1.71. The molecule has 2 N–H and O–H groups in total. The van der Waals surface area contributed by atoms with Crippen molar-refractivity contribution in [3.8, 4) is 0 Å². The van der Waals surface area contributed by atoms with Gasteiger partial charge in [0.25, 0.3) is 5.91 Å². The van der Waals surface area contributed by atoms with Crippen LogP contribution in [0.2, 0.25) is 0 Å². The molecule has 0 radical (unpaired) electrons. The number of H-pyrrole nitrogens is 1. The van der Waals surface area contributed by atoms with Gasteiger partial charge < -0.3 is 10.0 Å². The zero-order valence-corrected chi connectivity index (χ0v) is 11.1. The van der Waals surface area contributed by atoms with E-state index in [0.29, 0.717) is 12.4 Å². The molecular weight excluding hydrogens is 260 g/mol. The Bertz CT molecular complexity index is 633. The van der Waals surface area contributed by atoms with Gasteiger partial charge in [-0.25, -0.2) is 9.78 Å². The molecule has 1 aromatic carbocycles. The fourth-order valence-electron chi connectivity index (χ4n) is 1.71. The molecule has 0 aliphatic rings. The van der Waals surface area contributed by atoms with Crippen molar-refractivity contribution in [2.45, 2.75) is 13.5 Å². The van der Waals surface area contributed by atoms with Crippen LogP contribution in [-0.4, -0.2) is 44.1 Å². The molecule has 0 aliphatic heterocycles. The van der Waals surface area contributed by atoms with Gasteiger partial charge in [0, 0.05) is 13.6 Å². The van der Waals surface area contributed by atoms with Gasteiger partial charge in [0.1, 0.15) is 5.82 Å². The smallest absolute Gasteiger partial charge is 0.335 e. The zero-order valence-electron chi connectivity index (χ0n) is 11.1. The number of nitrogens with one attached hydrogen (secondary N) is 1. The summed E-state index contributed by atoms with van der Waals surface area (Å²) in [4.78, 5) is 28.2. The summed E-state index contributed by atoms with van der Waals surface area (Å²) in [6.07, 6.45) is 0. The van der Waals surface area contributed by atoms with E-state index in [0.717, 1.165) is 5.56 Å². The van der Waals surface area contributed by atoms with E-state index >= 15 is 0 Å². The lowest BCUT2D eigenvalue weighted by Gasteiger charge is -2.15. The number of benzene rings is 1. The number of aromatic amines is 1. The van der Waals surface area contributed by atoms with Crippen LogP contribution in [0.3, 0.4) is 0 Å². The summed E-state index contributed by atoms with van der Waals surface area (Å²) < 4.78 is 0. The molecule has 104 valence electrons. The van der Waals surface area contributed by atoms with Crippen LogP contribution in [0.5, 0.6) is 0 Å². The van der Waals surface area contributed by atoms with Gasteiger partial charge in [0.2, 0.25) is 5.82 Å². The Hall–Kier alpha value is -2.70. The normalized spacial score (nSPS) is 10.3. The van der Waals surface area contributed by atoms with E-state index in [4.69, 9.17) is 5.11 Å². The lowest BCUT2D eigenvalue weighted by molar-refractivity contribution is 0.0695. The summed E-state index contributed by atoms with van der Waals surface area (Å²) in [7, 11) is 1.64. The number of aryl methyl sites for hydroxylation is 1. The summed E-state index contributed by atoms with van der Waals surface area (Å²) in [6, 6.07) is 6.37. The second-order valence-corrected chi connectivity index (χ2v) is 4.41. The molecule has 1 amide bonds. The molecule has 0 unspecified atom stereocenters. The van der Waals surface area contributed by atoms with Crippen molar-refractivity contribution in [1.29, 1.82) is 0 Å². The number of amides is 1. The van der Waals surface area contributed by atoms with Crippen LogP contribution in [0, 0.1) is 6.92 Å². The highest BCUT2D eigenvalue weighted by Gasteiger charge is 2.16.